The minimum absolute atomic E-state index is 0.238. The summed E-state index contributed by atoms with van der Waals surface area (Å²) in [6.07, 6.45) is -7.12. The summed E-state index contributed by atoms with van der Waals surface area (Å²) in [6.45, 7) is 3.29. The first-order valence-electron chi connectivity index (χ1n) is 11.9. The van der Waals surface area contributed by atoms with Crippen LogP contribution in [0.4, 0.5) is 43.9 Å². The maximum absolute atomic E-state index is 14.2. The number of halogens is 10. The smallest absolute Gasteiger partial charge is 0.314 e. The van der Waals surface area contributed by atoms with E-state index < -0.39 is 35.6 Å². The molecule has 0 saturated carbocycles. The number of rotatable bonds is 13. The Kier molecular flexibility index (Phi) is 11.1. The Morgan fingerprint density at radius 2 is 0.921 bits per heavy atom. The second kappa shape index (κ2) is 13.0. The van der Waals surface area contributed by atoms with Crippen LogP contribution in [-0.2, 0) is 24.9 Å². The molecule has 0 aromatic carbocycles. The van der Waals surface area contributed by atoms with Gasteiger partial charge < -0.3 is 9.13 Å². The average Bonchev–Trinajstić information content (AvgIpc) is 3.41. The van der Waals surface area contributed by atoms with E-state index in [4.69, 9.17) is 0 Å². The fourth-order valence-electron chi connectivity index (χ4n) is 3.52. The standard InChI is InChI=1S/C22H28F10N4S2/c1-3-5-7-9-11-35-15(19(23,24)21(27,28)29)13-37-17(35)33-34-18-36(12-10-8-6-4-2)16(14-38-18)20(25,26)22(30,31)32/h13-14H,3-12H2,1-2H3. The van der Waals surface area contributed by atoms with Gasteiger partial charge in [0.15, 0.2) is 0 Å². The Morgan fingerprint density at radius 3 is 1.21 bits per heavy atom. The molecule has 0 amide bonds. The molecular weight excluding hydrogens is 574 g/mol. The summed E-state index contributed by atoms with van der Waals surface area (Å²) in [5.41, 5.74) is -2.69. The molecule has 0 N–H and O–H groups in total. The number of thiazole rings is 2. The van der Waals surface area contributed by atoms with Crippen LogP contribution in [0.3, 0.4) is 0 Å². The zero-order valence-electron chi connectivity index (χ0n) is 20.6. The predicted molar refractivity (Wildman–Crippen MR) is 124 cm³/mol. The predicted octanol–water partition coefficient (Wildman–Crippen LogP) is 8.30. The van der Waals surface area contributed by atoms with Gasteiger partial charge in [-0.3, -0.25) is 0 Å². The molecule has 0 fully saturated rings. The minimum Gasteiger partial charge on any atom is -0.314 e. The van der Waals surface area contributed by atoms with Crippen LogP contribution in [0.2, 0.25) is 0 Å². The van der Waals surface area contributed by atoms with E-state index in [1.807, 2.05) is 13.8 Å². The van der Waals surface area contributed by atoms with Gasteiger partial charge in [-0.25, -0.2) is 0 Å². The Balaban J connectivity index is 2.63. The molecule has 0 aliphatic carbocycles. The average molecular weight is 603 g/mol. The van der Waals surface area contributed by atoms with Crippen LogP contribution >= 0.6 is 22.7 Å². The normalized spacial score (nSPS) is 14.6. The summed E-state index contributed by atoms with van der Waals surface area (Å²) >= 11 is 0.878. The number of alkyl halides is 10. The van der Waals surface area contributed by atoms with Crippen molar-refractivity contribution in [3.05, 3.63) is 31.8 Å². The van der Waals surface area contributed by atoms with Crippen LogP contribution in [0, 0.1) is 0 Å². The first-order chi connectivity index (χ1) is 17.6. The van der Waals surface area contributed by atoms with Crippen molar-refractivity contribution in [1.29, 1.82) is 0 Å². The van der Waals surface area contributed by atoms with Crippen LogP contribution in [-0.4, -0.2) is 21.5 Å². The van der Waals surface area contributed by atoms with Crippen LogP contribution < -0.4 is 9.60 Å². The van der Waals surface area contributed by atoms with Crippen LogP contribution in [0.25, 0.3) is 0 Å². The number of hydrogen-bond acceptors (Lipinski definition) is 4. The zero-order valence-corrected chi connectivity index (χ0v) is 22.2. The van der Waals surface area contributed by atoms with Crippen LogP contribution in [0.1, 0.15) is 76.6 Å². The highest BCUT2D eigenvalue weighted by atomic mass is 32.1. The van der Waals surface area contributed by atoms with Crippen molar-refractivity contribution in [2.45, 2.75) is 103 Å². The summed E-state index contributed by atoms with van der Waals surface area (Å²) in [6, 6.07) is 0. The van der Waals surface area contributed by atoms with Gasteiger partial charge >= 0.3 is 24.2 Å². The molecule has 0 radical (unpaired) electrons. The fourth-order valence-corrected chi connectivity index (χ4v) is 5.32. The van der Waals surface area contributed by atoms with Gasteiger partial charge in [0.05, 0.1) is 0 Å². The van der Waals surface area contributed by atoms with Gasteiger partial charge in [-0.2, -0.15) is 43.9 Å². The highest BCUT2D eigenvalue weighted by Crippen LogP contribution is 2.45. The van der Waals surface area contributed by atoms with E-state index in [9.17, 15) is 43.9 Å². The van der Waals surface area contributed by atoms with E-state index in [1.165, 1.54) is 0 Å². The third-order valence-corrected chi connectivity index (χ3v) is 7.35. The molecule has 16 heteroatoms. The van der Waals surface area contributed by atoms with E-state index >= 15 is 0 Å². The highest BCUT2D eigenvalue weighted by Gasteiger charge is 2.61. The largest absolute Gasteiger partial charge is 0.459 e. The van der Waals surface area contributed by atoms with E-state index in [0.717, 1.165) is 25.7 Å². The van der Waals surface area contributed by atoms with Gasteiger partial charge in [0, 0.05) is 23.8 Å². The number of hydrogen-bond donors (Lipinski definition) is 0. The third kappa shape index (κ3) is 7.42. The van der Waals surface area contributed by atoms with E-state index in [1.54, 1.807) is 0 Å². The second-order valence-electron chi connectivity index (χ2n) is 8.58. The topological polar surface area (TPSA) is 34.6 Å². The van der Waals surface area contributed by atoms with Gasteiger partial charge in [0.1, 0.15) is 11.4 Å². The van der Waals surface area contributed by atoms with E-state index in [0.29, 0.717) is 55.4 Å². The molecule has 0 spiro atoms. The molecule has 0 unspecified atom stereocenters. The third-order valence-electron chi connectivity index (χ3n) is 5.64. The van der Waals surface area contributed by atoms with Crippen molar-refractivity contribution in [1.82, 2.24) is 9.13 Å². The summed E-state index contributed by atoms with van der Waals surface area (Å²) in [7, 11) is 0. The highest BCUT2D eigenvalue weighted by molar-refractivity contribution is 7.07. The summed E-state index contributed by atoms with van der Waals surface area (Å²) in [4.78, 5) is -0.731. The van der Waals surface area contributed by atoms with Crippen LogP contribution in [0.5, 0.6) is 0 Å². The first kappa shape index (κ1) is 32.4. The van der Waals surface area contributed by atoms with Crippen LogP contribution in [0.15, 0.2) is 21.0 Å². The molecule has 38 heavy (non-hydrogen) atoms. The summed E-state index contributed by atoms with van der Waals surface area (Å²) in [5, 5.41) is 8.64. The first-order valence-corrected chi connectivity index (χ1v) is 13.7. The monoisotopic (exact) mass is 602 g/mol. The van der Waals surface area contributed by atoms with Crippen molar-refractivity contribution in [3.8, 4) is 0 Å². The lowest BCUT2D eigenvalue weighted by molar-refractivity contribution is -0.292. The van der Waals surface area contributed by atoms with Crippen molar-refractivity contribution in [2.24, 2.45) is 10.2 Å². The maximum atomic E-state index is 14.2. The van der Waals surface area contributed by atoms with E-state index in [-0.39, 0.29) is 35.5 Å². The molecule has 2 heterocycles. The lowest BCUT2D eigenvalue weighted by Crippen LogP contribution is -2.37. The number of nitrogens with zero attached hydrogens (tertiary/aromatic N) is 4. The lowest BCUT2D eigenvalue weighted by atomic mass is 10.2. The van der Waals surface area contributed by atoms with Crippen molar-refractivity contribution in [2.75, 3.05) is 0 Å². The quantitative estimate of drug-likeness (QED) is 0.126. The zero-order chi connectivity index (χ0) is 28.8. The minimum atomic E-state index is -5.87. The molecule has 4 nitrogen and oxygen atoms in total. The molecule has 0 saturated heterocycles. The second-order valence-corrected chi connectivity index (χ2v) is 10.2. The Hall–Kier alpha value is -1.84. The molecule has 0 atom stereocenters. The van der Waals surface area contributed by atoms with Crippen molar-refractivity contribution in [3.63, 3.8) is 0 Å². The molecule has 2 rings (SSSR count). The van der Waals surface area contributed by atoms with Gasteiger partial charge in [0.2, 0.25) is 9.60 Å². The van der Waals surface area contributed by atoms with Gasteiger partial charge in [-0.15, -0.1) is 32.9 Å². The van der Waals surface area contributed by atoms with Gasteiger partial charge in [0.25, 0.3) is 0 Å². The molecule has 0 aliphatic heterocycles. The Labute approximate surface area is 220 Å². The number of unbranched alkanes of at least 4 members (excludes halogenated alkanes) is 6. The summed E-state index contributed by atoms with van der Waals surface area (Å²) < 4.78 is 136. The maximum Gasteiger partial charge on any atom is 0.459 e. The molecule has 218 valence electrons. The molecule has 2 aromatic rings. The van der Waals surface area contributed by atoms with E-state index in [2.05, 4.69) is 10.2 Å². The number of aromatic nitrogens is 2. The van der Waals surface area contributed by atoms with Gasteiger partial charge in [-0.05, 0) is 12.8 Å². The molecule has 0 aliphatic rings. The van der Waals surface area contributed by atoms with Crippen molar-refractivity contribution >= 4 is 22.7 Å². The van der Waals surface area contributed by atoms with Crippen molar-refractivity contribution < 1.29 is 43.9 Å². The molecule has 2 aromatic heterocycles. The SMILES string of the molecule is CCCCCCn1c(C(F)(F)C(F)(F)F)csc1=NN=c1scc(C(F)(F)C(F)(F)F)n1CCCCCC. The lowest BCUT2D eigenvalue weighted by Gasteiger charge is -2.21. The fraction of sp³-hybridized carbons (Fsp3) is 0.727. The Bertz CT molecular complexity index is 1060. The summed E-state index contributed by atoms with van der Waals surface area (Å²) in [5.74, 6) is -10.4. The molecular formula is C22H28F10N4S2. The molecule has 0 bridgehead atoms. The van der Waals surface area contributed by atoms with Gasteiger partial charge in [-0.1, -0.05) is 52.4 Å². The Morgan fingerprint density at radius 1 is 0.579 bits per heavy atom.